The summed E-state index contributed by atoms with van der Waals surface area (Å²) in [7, 11) is 2.09. The summed E-state index contributed by atoms with van der Waals surface area (Å²) in [5.74, 6) is 0.885. The molecule has 26 heavy (non-hydrogen) atoms. The summed E-state index contributed by atoms with van der Waals surface area (Å²) in [5, 5.41) is 6.57. The lowest BCUT2D eigenvalue weighted by atomic mass is 10.3. The zero-order chi connectivity index (χ0) is 17.9. The van der Waals surface area contributed by atoms with Crippen molar-refractivity contribution in [3.8, 4) is 16.4 Å². The standard InChI is InChI=1S/C19H21N5OS/c1-22-10-6-11-23(13-12-22)19(25)17-20-18(16-9-5-14-26-16)24(21-17)15-7-3-2-4-8-15/h2-5,7-9,14H,6,10-13H2,1H3. The molecule has 0 unspecified atom stereocenters. The van der Waals surface area contributed by atoms with Gasteiger partial charge in [0.2, 0.25) is 5.82 Å². The Bertz CT molecular complexity index is 875. The molecule has 134 valence electrons. The molecule has 1 saturated heterocycles. The first-order chi connectivity index (χ1) is 12.7. The van der Waals surface area contributed by atoms with Crippen molar-refractivity contribution in [2.24, 2.45) is 0 Å². The summed E-state index contributed by atoms with van der Waals surface area (Å²) in [5.41, 5.74) is 0.901. The third kappa shape index (κ3) is 3.40. The van der Waals surface area contributed by atoms with Gasteiger partial charge in [0.05, 0.1) is 10.6 Å². The maximum absolute atomic E-state index is 13.0. The number of hydrogen-bond donors (Lipinski definition) is 0. The molecule has 0 radical (unpaired) electrons. The second-order valence-electron chi connectivity index (χ2n) is 6.43. The summed E-state index contributed by atoms with van der Waals surface area (Å²) in [6.07, 6.45) is 0.972. The molecule has 2 aromatic heterocycles. The highest BCUT2D eigenvalue weighted by molar-refractivity contribution is 7.13. The van der Waals surface area contributed by atoms with E-state index < -0.39 is 0 Å². The van der Waals surface area contributed by atoms with Crippen LogP contribution in [0.25, 0.3) is 16.4 Å². The van der Waals surface area contributed by atoms with Crippen LogP contribution in [0.15, 0.2) is 47.8 Å². The van der Waals surface area contributed by atoms with Crippen LogP contribution in [-0.2, 0) is 0 Å². The van der Waals surface area contributed by atoms with E-state index in [0.29, 0.717) is 12.4 Å². The molecule has 0 aliphatic carbocycles. The van der Waals surface area contributed by atoms with Crippen LogP contribution in [0.4, 0.5) is 0 Å². The first-order valence-corrected chi connectivity index (χ1v) is 9.64. The van der Waals surface area contributed by atoms with Gasteiger partial charge in [0.25, 0.3) is 5.91 Å². The number of hydrogen-bond acceptors (Lipinski definition) is 5. The van der Waals surface area contributed by atoms with Crippen LogP contribution in [0.2, 0.25) is 0 Å². The summed E-state index contributed by atoms with van der Waals surface area (Å²) in [6, 6.07) is 13.8. The maximum atomic E-state index is 13.0. The highest BCUT2D eigenvalue weighted by Gasteiger charge is 2.25. The van der Waals surface area contributed by atoms with Gasteiger partial charge in [0.1, 0.15) is 0 Å². The van der Waals surface area contributed by atoms with E-state index in [1.54, 1.807) is 16.0 Å². The third-order valence-electron chi connectivity index (χ3n) is 4.55. The molecule has 1 aromatic carbocycles. The molecule has 1 amide bonds. The molecule has 7 heteroatoms. The molecule has 0 atom stereocenters. The van der Waals surface area contributed by atoms with Crippen molar-refractivity contribution in [3.63, 3.8) is 0 Å². The SMILES string of the molecule is CN1CCCN(C(=O)c2nc(-c3cccs3)n(-c3ccccc3)n2)CC1. The molecule has 4 rings (SSSR count). The van der Waals surface area contributed by atoms with E-state index in [9.17, 15) is 4.79 Å². The second kappa shape index (κ2) is 7.39. The lowest BCUT2D eigenvalue weighted by Crippen LogP contribution is -2.35. The van der Waals surface area contributed by atoms with E-state index >= 15 is 0 Å². The Morgan fingerprint density at radius 2 is 1.88 bits per heavy atom. The molecule has 6 nitrogen and oxygen atoms in total. The van der Waals surface area contributed by atoms with E-state index in [1.807, 2.05) is 52.7 Å². The van der Waals surface area contributed by atoms with Crippen LogP contribution in [0.5, 0.6) is 0 Å². The molecule has 0 N–H and O–H groups in total. The highest BCUT2D eigenvalue weighted by Crippen LogP contribution is 2.25. The highest BCUT2D eigenvalue weighted by atomic mass is 32.1. The smallest absolute Gasteiger partial charge is 0.293 e. The van der Waals surface area contributed by atoms with Crippen molar-refractivity contribution in [2.45, 2.75) is 6.42 Å². The van der Waals surface area contributed by atoms with Crippen LogP contribution in [0, 0.1) is 0 Å². The van der Waals surface area contributed by atoms with E-state index in [-0.39, 0.29) is 11.7 Å². The number of benzene rings is 1. The van der Waals surface area contributed by atoms with E-state index in [0.717, 1.165) is 36.6 Å². The largest absolute Gasteiger partial charge is 0.335 e. The van der Waals surface area contributed by atoms with Crippen LogP contribution in [0.3, 0.4) is 0 Å². The summed E-state index contributed by atoms with van der Waals surface area (Å²) >= 11 is 1.59. The molecule has 3 aromatic rings. The minimum atomic E-state index is -0.0900. The third-order valence-corrected chi connectivity index (χ3v) is 5.41. The van der Waals surface area contributed by atoms with Crippen LogP contribution in [0.1, 0.15) is 17.0 Å². The lowest BCUT2D eigenvalue weighted by molar-refractivity contribution is 0.0750. The Hall–Kier alpha value is -2.51. The fraction of sp³-hybridized carbons (Fsp3) is 0.316. The lowest BCUT2D eigenvalue weighted by Gasteiger charge is -2.18. The molecule has 0 spiro atoms. The molecule has 3 heterocycles. The number of carbonyl (C=O) groups is 1. The number of carbonyl (C=O) groups excluding carboxylic acids is 1. The predicted octanol–water partition coefficient (Wildman–Crippen LogP) is 2.77. The fourth-order valence-electron chi connectivity index (χ4n) is 3.11. The fourth-order valence-corrected chi connectivity index (χ4v) is 3.81. The molecule has 1 fully saturated rings. The first-order valence-electron chi connectivity index (χ1n) is 8.76. The summed E-state index contributed by atoms with van der Waals surface area (Å²) < 4.78 is 1.77. The van der Waals surface area contributed by atoms with Crippen molar-refractivity contribution in [1.29, 1.82) is 0 Å². The monoisotopic (exact) mass is 367 g/mol. The van der Waals surface area contributed by atoms with Crippen LogP contribution < -0.4 is 0 Å². The van der Waals surface area contributed by atoms with Gasteiger partial charge < -0.3 is 9.80 Å². The van der Waals surface area contributed by atoms with Gasteiger partial charge >= 0.3 is 0 Å². The number of likely N-dealkylation sites (N-methyl/N-ethyl adjacent to an activating group) is 1. The number of nitrogens with zero attached hydrogens (tertiary/aromatic N) is 5. The van der Waals surface area contributed by atoms with Crippen molar-refractivity contribution in [1.82, 2.24) is 24.6 Å². The van der Waals surface area contributed by atoms with Crippen LogP contribution >= 0.6 is 11.3 Å². The van der Waals surface area contributed by atoms with Gasteiger partial charge in [-0.15, -0.1) is 16.4 Å². The molecule has 1 aliphatic rings. The summed E-state index contributed by atoms with van der Waals surface area (Å²) in [4.78, 5) is 22.7. The number of para-hydroxylation sites is 1. The number of aromatic nitrogens is 3. The molecular formula is C19H21N5OS. The Balaban J connectivity index is 1.70. The van der Waals surface area contributed by atoms with Crippen molar-refractivity contribution in [3.05, 3.63) is 53.7 Å². The van der Waals surface area contributed by atoms with Gasteiger partial charge in [-0.25, -0.2) is 9.67 Å². The first kappa shape index (κ1) is 16.9. The Kier molecular flexibility index (Phi) is 4.81. The quantitative estimate of drug-likeness (QED) is 0.714. The van der Waals surface area contributed by atoms with Crippen LogP contribution in [-0.4, -0.2) is 63.7 Å². The van der Waals surface area contributed by atoms with Crippen molar-refractivity contribution < 1.29 is 4.79 Å². The second-order valence-corrected chi connectivity index (χ2v) is 7.38. The van der Waals surface area contributed by atoms with Gasteiger partial charge in [-0.3, -0.25) is 4.79 Å². The molecule has 1 aliphatic heterocycles. The molecule has 0 bridgehead atoms. The minimum absolute atomic E-state index is 0.0900. The zero-order valence-electron chi connectivity index (χ0n) is 14.7. The average Bonchev–Trinajstić information content (AvgIpc) is 3.29. The van der Waals surface area contributed by atoms with Crippen molar-refractivity contribution >= 4 is 17.2 Å². The van der Waals surface area contributed by atoms with Gasteiger partial charge in [-0.1, -0.05) is 24.3 Å². The van der Waals surface area contributed by atoms with E-state index in [1.165, 1.54) is 0 Å². The van der Waals surface area contributed by atoms with E-state index in [4.69, 9.17) is 0 Å². The normalized spacial score (nSPS) is 15.8. The topological polar surface area (TPSA) is 54.3 Å². The van der Waals surface area contributed by atoms with Gasteiger partial charge in [-0.2, -0.15) is 0 Å². The van der Waals surface area contributed by atoms with Gasteiger partial charge in [-0.05, 0) is 43.6 Å². The zero-order valence-corrected chi connectivity index (χ0v) is 15.5. The minimum Gasteiger partial charge on any atom is -0.335 e. The number of thiophene rings is 1. The number of rotatable bonds is 3. The molecule has 0 saturated carbocycles. The van der Waals surface area contributed by atoms with Gasteiger partial charge in [0, 0.05) is 19.6 Å². The summed E-state index contributed by atoms with van der Waals surface area (Å²) in [6.45, 7) is 3.35. The van der Waals surface area contributed by atoms with E-state index in [2.05, 4.69) is 22.0 Å². The average molecular weight is 367 g/mol. The predicted molar refractivity (Wildman–Crippen MR) is 103 cm³/mol. The van der Waals surface area contributed by atoms with Gasteiger partial charge in [0.15, 0.2) is 5.82 Å². The molecular weight excluding hydrogens is 346 g/mol. The Morgan fingerprint density at radius 1 is 1.04 bits per heavy atom. The Labute approximate surface area is 156 Å². The Morgan fingerprint density at radius 3 is 2.65 bits per heavy atom. The number of amides is 1. The van der Waals surface area contributed by atoms with Crippen molar-refractivity contribution in [2.75, 3.05) is 33.2 Å². The maximum Gasteiger partial charge on any atom is 0.293 e.